The first-order chi connectivity index (χ1) is 11.7. The number of likely N-dealkylation sites (tertiary alicyclic amines) is 1. The minimum atomic E-state index is -0.403. The molecular formula is C18H23N3O3. The number of rotatable bonds is 5. The Hall–Kier alpha value is -2.02. The standard InChI is InChI=1S/C18H23N3O3/c1-24-16-4-2-14(3-5-16)18-19-8-13(9-20-18)10-21-7-6-17(23)15(11-21)12-22/h2-5,8-9,15,17,22-23H,6-7,10-12H2,1H3/t15-,17-/m0/s1. The molecule has 1 aliphatic heterocycles. The van der Waals surface area contributed by atoms with Crippen molar-refractivity contribution in [2.45, 2.75) is 19.1 Å². The van der Waals surface area contributed by atoms with E-state index in [9.17, 15) is 10.2 Å². The van der Waals surface area contributed by atoms with Gasteiger partial charge in [0.1, 0.15) is 5.75 Å². The van der Waals surface area contributed by atoms with Crippen molar-refractivity contribution in [1.29, 1.82) is 0 Å². The third kappa shape index (κ3) is 3.90. The summed E-state index contributed by atoms with van der Waals surface area (Å²) in [7, 11) is 1.64. The molecule has 3 rings (SSSR count). The molecule has 2 N–H and O–H groups in total. The summed E-state index contributed by atoms with van der Waals surface area (Å²) in [6.45, 7) is 2.26. The van der Waals surface area contributed by atoms with Gasteiger partial charge in [0.2, 0.25) is 0 Å². The van der Waals surface area contributed by atoms with E-state index in [-0.39, 0.29) is 12.5 Å². The molecule has 0 saturated carbocycles. The summed E-state index contributed by atoms with van der Waals surface area (Å²) >= 11 is 0. The molecule has 2 aromatic rings. The minimum Gasteiger partial charge on any atom is -0.497 e. The molecule has 128 valence electrons. The van der Waals surface area contributed by atoms with Crippen LogP contribution in [0.5, 0.6) is 5.75 Å². The van der Waals surface area contributed by atoms with Crippen LogP contribution in [0.4, 0.5) is 0 Å². The fourth-order valence-corrected chi connectivity index (χ4v) is 3.00. The lowest BCUT2D eigenvalue weighted by Gasteiger charge is -2.35. The van der Waals surface area contributed by atoms with Crippen molar-refractivity contribution in [2.24, 2.45) is 5.92 Å². The summed E-state index contributed by atoms with van der Waals surface area (Å²) in [6.07, 6.45) is 3.97. The monoisotopic (exact) mass is 329 g/mol. The van der Waals surface area contributed by atoms with Crippen molar-refractivity contribution in [1.82, 2.24) is 14.9 Å². The second-order valence-electron chi connectivity index (χ2n) is 6.18. The van der Waals surface area contributed by atoms with Gasteiger partial charge in [0.15, 0.2) is 5.82 Å². The van der Waals surface area contributed by atoms with Crippen LogP contribution >= 0.6 is 0 Å². The molecule has 0 radical (unpaired) electrons. The van der Waals surface area contributed by atoms with Crippen LogP contribution in [0.1, 0.15) is 12.0 Å². The van der Waals surface area contributed by atoms with Gasteiger partial charge in [-0.2, -0.15) is 0 Å². The summed E-state index contributed by atoms with van der Waals surface area (Å²) in [5.41, 5.74) is 1.98. The lowest BCUT2D eigenvalue weighted by atomic mass is 9.95. The van der Waals surface area contributed by atoms with Crippen molar-refractivity contribution in [3.8, 4) is 17.1 Å². The Morgan fingerprint density at radius 2 is 1.92 bits per heavy atom. The van der Waals surface area contributed by atoms with Gasteiger partial charge in [-0.15, -0.1) is 0 Å². The highest BCUT2D eigenvalue weighted by Gasteiger charge is 2.27. The summed E-state index contributed by atoms with van der Waals surface area (Å²) in [4.78, 5) is 11.1. The predicted molar refractivity (Wildman–Crippen MR) is 90.5 cm³/mol. The Balaban J connectivity index is 1.64. The number of ether oxygens (including phenoxy) is 1. The van der Waals surface area contributed by atoms with Crippen molar-refractivity contribution in [2.75, 3.05) is 26.8 Å². The van der Waals surface area contributed by atoms with Gasteiger partial charge in [-0.1, -0.05) is 0 Å². The first kappa shape index (κ1) is 16.8. The summed E-state index contributed by atoms with van der Waals surface area (Å²) in [5.74, 6) is 1.42. The Morgan fingerprint density at radius 3 is 2.54 bits per heavy atom. The highest BCUT2D eigenvalue weighted by atomic mass is 16.5. The molecule has 0 aliphatic carbocycles. The Bertz CT molecular complexity index is 646. The molecule has 0 amide bonds. The van der Waals surface area contributed by atoms with Crippen molar-refractivity contribution >= 4 is 0 Å². The van der Waals surface area contributed by atoms with Gasteiger partial charge in [0, 0.05) is 55.7 Å². The predicted octanol–water partition coefficient (Wildman–Crippen LogP) is 1.33. The normalized spacial score (nSPS) is 21.6. The lowest BCUT2D eigenvalue weighted by molar-refractivity contribution is -0.00205. The average molecular weight is 329 g/mol. The van der Waals surface area contributed by atoms with Gasteiger partial charge in [-0.3, -0.25) is 4.90 Å². The number of piperidine rings is 1. The molecule has 2 atom stereocenters. The molecule has 1 fully saturated rings. The van der Waals surface area contributed by atoms with E-state index < -0.39 is 6.10 Å². The number of nitrogens with zero attached hydrogens (tertiary/aromatic N) is 3. The van der Waals surface area contributed by atoms with Crippen LogP contribution in [0.15, 0.2) is 36.7 Å². The van der Waals surface area contributed by atoms with E-state index in [1.54, 1.807) is 7.11 Å². The molecule has 1 aromatic carbocycles. The number of hydrogen-bond donors (Lipinski definition) is 2. The van der Waals surface area contributed by atoms with E-state index in [1.165, 1.54) is 0 Å². The van der Waals surface area contributed by atoms with Crippen LogP contribution in [0.3, 0.4) is 0 Å². The molecule has 1 aliphatic rings. The Kier molecular flexibility index (Phi) is 5.40. The zero-order valence-corrected chi connectivity index (χ0v) is 13.8. The lowest BCUT2D eigenvalue weighted by Crippen LogP contribution is -2.44. The van der Waals surface area contributed by atoms with E-state index in [0.29, 0.717) is 18.8 Å². The molecular weight excluding hydrogens is 306 g/mol. The van der Waals surface area contributed by atoms with Gasteiger partial charge in [0.25, 0.3) is 0 Å². The molecule has 0 unspecified atom stereocenters. The van der Waals surface area contributed by atoms with Gasteiger partial charge in [-0.25, -0.2) is 9.97 Å². The average Bonchev–Trinajstić information content (AvgIpc) is 2.64. The van der Waals surface area contributed by atoms with E-state index >= 15 is 0 Å². The molecule has 0 bridgehead atoms. The van der Waals surface area contributed by atoms with Crippen LogP contribution in [0.2, 0.25) is 0 Å². The summed E-state index contributed by atoms with van der Waals surface area (Å²) < 4.78 is 5.15. The second kappa shape index (κ2) is 7.70. The van der Waals surface area contributed by atoms with Crippen LogP contribution in [0, 0.1) is 5.92 Å². The highest BCUT2D eigenvalue weighted by molar-refractivity contribution is 5.55. The first-order valence-electron chi connectivity index (χ1n) is 8.16. The van der Waals surface area contributed by atoms with Gasteiger partial charge < -0.3 is 14.9 Å². The van der Waals surface area contributed by atoms with Gasteiger partial charge in [0.05, 0.1) is 13.2 Å². The van der Waals surface area contributed by atoms with Crippen molar-refractivity contribution < 1.29 is 14.9 Å². The zero-order chi connectivity index (χ0) is 16.9. The molecule has 1 aromatic heterocycles. The fraction of sp³-hybridized carbons (Fsp3) is 0.444. The maximum atomic E-state index is 9.83. The van der Waals surface area contributed by atoms with Crippen LogP contribution in [-0.2, 0) is 6.54 Å². The van der Waals surface area contributed by atoms with Crippen LogP contribution in [0.25, 0.3) is 11.4 Å². The molecule has 6 nitrogen and oxygen atoms in total. The maximum absolute atomic E-state index is 9.83. The zero-order valence-electron chi connectivity index (χ0n) is 13.8. The molecule has 24 heavy (non-hydrogen) atoms. The molecule has 2 heterocycles. The van der Waals surface area contributed by atoms with E-state index in [4.69, 9.17) is 4.74 Å². The van der Waals surface area contributed by atoms with Crippen LogP contribution < -0.4 is 4.74 Å². The number of hydrogen-bond acceptors (Lipinski definition) is 6. The smallest absolute Gasteiger partial charge is 0.159 e. The van der Waals surface area contributed by atoms with E-state index in [2.05, 4.69) is 14.9 Å². The minimum absolute atomic E-state index is 0.0184. The first-order valence-corrected chi connectivity index (χ1v) is 8.16. The van der Waals surface area contributed by atoms with Gasteiger partial charge in [-0.05, 0) is 30.7 Å². The second-order valence-corrected chi connectivity index (χ2v) is 6.18. The highest BCUT2D eigenvalue weighted by Crippen LogP contribution is 2.21. The molecule has 6 heteroatoms. The quantitative estimate of drug-likeness (QED) is 0.861. The van der Waals surface area contributed by atoms with E-state index in [1.807, 2.05) is 36.7 Å². The van der Waals surface area contributed by atoms with Crippen molar-refractivity contribution in [3.63, 3.8) is 0 Å². The topological polar surface area (TPSA) is 78.7 Å². The third-order valence-corrected chi connectivity index (χ3v) is 4.47. The largest absolute Gasteiger partial charge is 0.497 e. The number of aliphatic hydroxyl groups is 2. The summed E-state index contributed by atoms with van der Waals surface area (Å²) in [6, 6.07) is 7.65. The van der Waals surface area contributed by atoms with Crippen LogP contribution in [-0.4, -0.2) is 58.0 Å². The van der Waals surface area contributed by atoms with Gasteiger partial charge >= 0.3 is 0 Å². The number of aliphatic hydroxyl groups excluding tert-OH is 2. The Labute approximate surface area is 141 Å². The number of methoxy groups -OCH3 is 1. The van der Waals surface area contributed by atoms with Crippen molar-refractivity contribution in [3.05, 3.63) is 42.2 Å². The summed E-state index contributed by atoms with van der Waals surface area (Å²) in [5, 5.41) is 19.2. The molecule has 0 spiro atoms. The third-order valence-electron chi connectivity index (χ3n) is 4.47. The Morgan fingerprint density at radius 1 is 1.21 bits per heavy atom. The maximum Gasteiger partial charge on any atom is 0.159 e. The SMILES string of the molecule is COc1ccc(-c2ncc(CN3CC[C@H](O)[C@H](CO)C3)cn2)cc1. The van der Waals surface area contributed by atoms with E-state index in [0.717, 1.165) is 30.0 Å². The molecule has 1 saturated heterocycles. The number of aromatic nitrogens is 2. The fourth-order valence-electron chi connectivity index (χ4n) is 3.00. The number of benzene rings is 1.